The molecule has 4 heteroatoms. The molecule has 1 unspecified atom stereocenters. The second-order valence-corrected chi connectivity index (χ2v) is 5.37. The largest absolute Gasteiger partial charge is 0.487 e. The van der Waals surface area contributed by atoms with Crippen molar-refractivity contribution in [2.24, 2.45) is 0 Å². The second kappa shape index (κ2) is 4.73. The van der Waals surface area contributed by atoms with Crippen molar-refractivity contribution in [3.63, 3.8) is 0 Å². The Morgan fingerprint density at radius 1 is 1.26 bits per heavy atom. The van der Waals surface area contributed by atoms with Gasteiger partial charge in [-0.15, -0.1) is 12.4 Å². The normalized spacial score (nSPS) is 21.2. The summed E-state index contributed by atoms with van der Waals surface area (Å²) in [4.78, 5) is 0. The fourth-order valence-corrected chi connectivity index (χ4v) is 3.42. The summed E-state index contributed by atoms with van der Waals surface area (Å²) in [6.07, 6.45) is 2.54. The Bertz CT molecular complexity index is 620. The van der Waals surface area contributed by atoms with Crippen LogP contribution in [-0.2, 0) is 19.4 Å². The Morgan fingerprint density at radius 2 is 2.11 bits per heavy atom. The van der Waals surface area contributed by atoms with E-state index in [1.165, 1.54) is 22.2 Å². The Morgan fingerprint density at radius 3 is 3.00 bits per heavy atom. The number of nitrogens with one attached hydrogen (secondary N) is 1. The van der Waals surface area contributed by atoms with Crippen LogP contribution < -0.4 is 10.1 Å². The number of ether oxygens (including phenoxy) is 1. The van der Waals surface area contributed by atoms with E-state index in [9.17, 15) is 0 Å². The van der Waals surface area contributed by atoms with Gasteiger partial charge in [0.25, 0.3) is 0 Å². The van der Waals surface area contributed by atoms with Crippen molar-refractivity contribution < 1.29 is 4.74 Å². The summed E-state index contributed by atoms with van der Waals surface area (Å²) in [6.45, 7) is 5.33. The van der Waals surface area contributed by atoms with Gasteiger partial charge in [-0.05, 0) is 31.5 Å². The maximum atomic E-state index is 5.98. The van der Waals surface area contributed by atoms with Crippen LogP contribution in [0, 0.1) is 0 Å². The third-order valence-corrected chi connectivity index (χ3v) is 4.13. The standard InChI is InChI=1S/C15H18N2O.ClH/c1-10-9-17-13-6-8-16-7-5-11(13)12-3-2-4-14(18-10)15(12)17;/h2-4,10,16H,5-9H2,1H3;1H. The van der Waals surface area contributed by atoms with Crippen LogP contribution in [0.2, 0.25) is 0 Å². The van der Waals surface area contributed by atoms with Gasteiger partial charge in [-0.1, -0.05) is 12.1 Å². The molecule has 2 aliphatic heterocycles. The molecule has 1 aromatic heterocycles. The first-order valence-electron chi connectivity index (χ1n) is 6.85. The van der Waals surface area contributed by atoms with Gasteiger partial charge < -0.3 is 14.6 Å². The van der Waals surface area contributed by atoms with E-state index in [4.69, 9.17) is 4.74 Å². The number of fused-ring (bicyclic) bond motifs is 3. The monoisotopic (exact) mass is 278 g/mol. The summed E-state index contributed by atoms with van der Waals surface area (Å²) < 4.78 is 8.48. The average molecular weight is 279 g/mol. The Balaban J connectivity index is 0.00000110. The van der Waals surface area contributed by atoms with Crippen molar-refractivity contribution in [3.8, 4) is 5.75 Å². The van der Waals surface area contributed by atoms with Gasteiger partial charge in [-0.3, -0.25) is 0 Å². The van der Waals surface area contributed by atoms with Crippen LogP contribution in [0.5, 0.6) is 5.75 Å². The summed E-state index contributed by atoms with van der Waals surface area (Å²) in [7, 11) is 0. The SMILES string of the molecule is CC1Cn2c3c(c4cccc(c42)O1)CCNCC3.Cl. The zero-order valence-electron chi connectivity index (χ0n) is 11.1. The topological polar surface area (TPSA) is 26.2 Å². The molecule has 2 aromatic rings. The Labute approximate surface area is 119 Å². The molecule has 0 aliphatic carbocycles. The van der Waals surface area contributed by atoms with Crippen LogP contribution in [0.15, 0.2) is 18.2 Å². The minimum Gasteiger partial charge on any atom is -0.487 e. The second-order valence-electron chi connectivity index (χ2n) is 5.37. The van der Waals surface area contributed by atoms with E-state index >= 15 is 0 Å². The van der Waals surface area contributed by atoms with Crippen molar-refractivity contribution in [2.45, 2.75) is 32.4 Å². The molecule has 1 atom stereocenters. The van der Waals surface area contributed by atoms with Crippen LogP contribution in [0.3, 0.4) is 0 Å². The van der Waals surface area contributed by atoms with Crippen molar-refractivity contribution in [1.29, 1.82) is 0 Å². The lowest BCUT2D eigenvalue weighted by molar-refractivity contribution is 0.188. The van der Waals surface area contributed by atoms with Gasteiger partial charge in [0.05, 0.1) is 12.1 Å². The molecule has 3 nitrogen and oxygen atoms in total. The number of halogens is 1. The molecule has 0 saturated carbocycles. The van der Waals surface area contributed by atoms with E-state index < -0.39 is 0 Å². The number of hydrogen-bond acceptors (Lipinski definition) is 2. The highest BCUT2D eigenvalue weighted by molar-refractivity contribution is 5.91. The molecule has 0 saturated heterocycles. The predicted molar refractivity (Wildman–Crippen MR) is 79.6 cm³/mol. The molecule has 102 valence electrons. The molecule has 0 spiro atoms. The van der Waals surface area contributed by atoms with E-state index in [2.05, 4.69) is 35.0 Å². The van der Waals surface area contributed by atoms with Crippen LogP contribution in [0.1, 0.15) is 18.2 Å². The third-order valence-electron chi connectivity index (χ3n) is 4.13. The number of aromatic nitrogens is 1. The molecule has 3 heterocycles. The molecule has 0 amide bonds. The Kier molecular flexibility index (Phi) is 3.19. The summed E-state index contributed by atoms with van der Waals surface area (Å²) in [5.74, 6) is 1.06. The molecule has 0 bridgehead atoms. The quantitative estimate of drug-likeness (QED) is 0.801. The molecular weight excluding hydrogens is 260 g/mol. The fraction of sp³-hybridized carbons (Fsp3) is 0.467. The smallest absolute Gasteiger partial charge is 0.144 e. The summed E-state index contributed by atoms with van der Waals surface area (Å²) in [6, 6.07) is 6.48. The first-order valence-corrected chi connectivity index (χ1v) is 6.85. The number of rotatable bonds is 0. The van der Waals surface area contributed by atoms with E-state index in [1.807, 2.05) is 0 Å². The van der Waals surface area contributed by atoms with Crippen LogP contribution in [0.4, 0.5) is 0 Å². The number of hydrogen-bond donors (Lipinski definition) is 1. The lowest BCUT2D eigenvalue weighted by atomic mass is 10.1. The van der Waals surface area contributed by atoms with Crippen molar-refractivity contribution in [3.05, 3.63) is 29.5 Å². The zero-order valence-corrected chi connectivity index (χ0v) is 11.9. The van der Waals surface area contributed by atoms with Crippen LogP contribution in [-0.4, -0.2) is 23.8 Å². The van der Waals surface area contributed by atoms with E-state index in [-0.39, 0.29) is 18.5 Å². The van der Waals surface area contributed by atoms with Gasteiger partial charge in [-0.2, -0.15) is 0 Å². The molecule has 1 aromatic carbocycles. The van der Waals surface area contributed by atoms with Gasteiger partial charge in [-0.25, -0.2) is 0 Å². The lowest BCUT2D eigenvalue weighted by Gasteiger charge is -2.24. The van der Waals surface area contributed by atoms with Crippen molar-refractivity contribution in [2.75, 3.05) is 13.1 Å². The maximum Gasteiger partial charge on any atom is 0.144 e. The number of para-hydroxylation sites is 1. The van der Waals surface area contributed by atoms with Crippen LogP contribution in [0.25, 0.3) is 10.9 Å². The summed E-state index contributed by atoms with van der Waals surface area (Å²) in [5.41, 5.74) is 4.38. The molecular formula is C15H19ClN2O. The van der Waals surface area contributed by atoms with E-state index in [1.54, 1.807) is 0 Å². The lowest BCUT2D eigenvalue weighted by Crippen LogP contribution is -2.25. The highest BCUT2D eigenvalue weighted by Gasteiger charge is 2.25. The molecule has 4 rings (SSSR count). The highest BCUT2D eigenvalue weighted by atomic mass is 35.5. The van der Waals surface area contributed by atoms with Crippen LogP contribution >= 0.6 is 12.4 Å². The van der Waals surface area contributed by atoms with E-state index in [0.717, 1.165) is 38.2 Å². The minimum atomic E-state index is 0. The maximum absolute atomic E-state index is 5.98. The summed E-state index contributed by atoms with van der Waals surface area (Å²) in [5, 5.41) is 4.90. The van der Waals surface area contributed by atoms with Crippen molar-refractivity contribution in [1.82, 2.24) is 9.88 Å². The first kappa shape index (κ1) is 12.8. The minimum absolute atomic E-state index is 0. The van der Waals surface area contributed by atoms with Gasteiger partial charge in [0.1, 0.15) is 11.9 Å². The highest BCUT2D eigenvalue weighted by Crippen LogP contribution is 2.37. The molecule has 19 heavy (non-hydrogen) atoms. The van der Waals surface area contributed by atoms with Crippen molar-refractivity contribution >= 4 is 23.3 Å². The number of benzene rings is 1. The molecule has 2 aliphatic rings. The Hall–Kier alpha value is -1.19. The third kappa shape index (κ3) is 1.84. The molecule has 1 N–H and O–H groups in total. The zero-order chi connectivity index (χ0) is 12.1. The van der Waals surface area contributed by atoms with Gasteiger partial charge in [0, 0.05) is 24.0 Å². The first-order chi connectivity index (χ1) is 8.84. The fourth-order valence-electron chi connectivity index (χ4n) is 3.42. The molecule has 0 radical (unpaired) electrons. The summed E-state index contributed by atoms with van der Waals surface area (Å²) >= 11 is 0. The van der Waals surface area contributed by atoms with Gasteiger partial charge in [0.2, 0.25) is 0 Å². The van der Waals surface area contributed by atoms with Gasteiger partial charge in [0.15, 0.2) is 0 Å². The number of nitrogens with zero attached hydrogens (tertiary/aromatic N) is 1. The molecule has 0 fully saturated rings. The van der Waals surface area contributed by atoms with E-state index in [0.29, 0.717) is 0 Å². The van der Waals surface area contributed by atoms with Gasteiger partial charge >= 0.3 is 0 Å². The predicted octanol–water partition coefficient (Wildman–Crippen LogP) is 2.53. The average Bonchev–Trinajstić information content (AvgIpc) is 2.55.